The molecule has 1 saturated heterocycles. The maximum atomic E-state index is 12.8. The van der Waals surface area contributed by atoms with Gasteiger partial charge in [-0.2, -0.15) is 0 Å². The lowest BCUT2D eigenvalue weighted by Crippen LogP contribution is -2.45. The van der Waals surface area contributed by atoms with Crippen molar-refractivity contribution in [1.29, 1.82) is 0 Å². The van der Waals surface area contributed by atoms with E-state index in [1.165, 1.54) is 19.3 Å². The normalized spacial score (nSPS) is 20.0. The fourth-order valence-corrected chi connectivity index (χ4v) is 4.59. The molecule has 1 amide bonds. The van der Waals surface area contributed by atoms with Gasteiger partial charge in [-0.15, -0.1) is 34.2 Å². The molecule has 4 rings (SSSR count). The van der Waals surface area contributed by atoms with Gasteiger partial charge in [-0.05, 0) is 37.8 Å². The number of aliphatic imine (C=N–C) groups is 1. The molecule has 2 aliphatic rings. The van der Waals surface area contributed by atoms with Crippen LogP contribution < -0.4 is 10.6 Å². The summed E-state index contributed by atoms with van der Waals surface area (Å²) in [6.45, 7) is 2.44. The molecule has 8 nitrogen and oxygen atoms in total. The first-order chi connectivity index (χ1) is 14.7. The lowest BCUT2D eigenvalue weighted by atomic mass is 9.88. The van der Waals surface area contributed by atoms with Gasteiger partial charge in [-0.25, -0.2) is 0 Å². The third kappa shape index (κ3) is 6.08. The van der Waals surface area contributed by atoms with Crippen LogP contribution in [0.2, 0.25) is 0 Å². The molecule has 0 aromatic carbocycles. The van der Waals surface area contributed by atoms with Crippen LogP contribution in [-0.4, -0.2) is 64.1 Å². The lowest BCUT2D eigenvalue weighted by Gasteiger charge is -2.26. The average molecular weight is 539 g/mol. The van der Waals surface area contributed by atoms with Crippen LogP contribution in [0.5, 0.6) is 0 Å². The lowest BCUT2D eigenvalue weighted by molar-refractivity contribution is -0.135. The van der Waals surface area contributed by atoms with Crippen LogP contribution in [0, 0.1) is 5.92 Å². The molecule has 1 atom stereocenters. The molecule has 3 heterocycles. The van der Waals surface area contributed by atoms with Gasteiger partial charge >= 0.3 is 0 Å². The van der Waals surface area contributed by atoms with E-state index in [4.69, 9.17) is 0 Å². The van der Waals surface area contributed by atoms with Crippen LogP contribution in [0.1, 0.15) is 50.8 Å². The van der Waals surface area contributed by atoms with Crippen LogP contribution in [-0.2, 0) is 11.2 Å². The Morgan fingerprint density at radius 2 is 2.03 bits per heavy atom. The van der Waals surface area contributed by atoms with E-state index in [0.717, 1.165) is 69.2 Å². The number of nitrogens with one attached hydrogen (secondary N) is 2. The van der Waals surface area contributed by atoms with Crippen molar-refractivity contribution >= 4 is 41.5 Å². The Labute approximate surface area is 201 Å². The van der Waals surface area contributed by atoms with Crippen molar-refractivity contribution in [1.82, 2.24) is 30.1 Å². The Balaban J connectivity index is 0.00000272. The molecule has 0 spiro atoms. The van der Waals surface area contributed by atoms with Gasteiger partial charge in [0, 0.05) is 51.3 Å². The Morgan fingerprint density at radius 1 is 1.19 bits per heavy atom. The summed E-state index contributed by atoms with van der Waals surface area (Å²) in [5.74, 6) is 2.40. The number of aromatic nitrogens is 3. The van der Waals surface area contributed by atoms with Crippen LogP contribution in [0.4, 0.5) is 0 Å². The van der Waals surface area contributed by atoms with Crippen LogP contribution in [0.15, 0.2) is 29.4 Å². The molecule has 2 N–H and O–H groups in total. The number of aryl methyl sites for hydroxylation is 1. The highest BCUT2D eigenvalue weighted by atomic mass is 127. The summed E-state index contributed by atoms with van der Waals surface area (Å²) in [7, 11) is 1.79. The predicted molar refractivity (Wildman–Crippen MR) is 133 cm³/mol. The molecular weight excluding hydrogens is 505 g/mol. The number of pyridine rings is 1. The second kappa shape index (κ2) is 11.6. The van der Waals surface area contributed by atoms with E-state index in [1.807, 2.05) is 28.8 Å². The summed E-state index contributed by atoms with van der Waals surface area (Å²) < 4.78 is 2.03. The molecule has 2 aromatic heterocycles. The number of carbonyl (C=O) groups is 1. The minimum absolute atomic E-state index is 0. The summed E-state index contributed by atoms with van der Waals surface area (Å²) in [6.07, 6.45) is 10.6. The number of halogens is 1. The Kier molecular flexibility index (Phi) is 8.91. The van der Waals surface area contributed by atoms with Crippen molar-refractivity contribution < 1.29 is 4.79 Å². The smallest absolute Gasteiger partial charge is 0.225 e. The minimum Gasteiger partial charge on any atom is -0.356 e. The SMILES string of the molecule is CN=C(NCCCc1nnc2ccccn12)NC1CCN(C(=O)C2CCCCC2)C1.I. The molecule has 1 aliphatic carbocycles. The molecule has 170 valence electrons. The first-order valence-electron chi connectivity index (χ1n) is 11.3. The van der Waals surface area contributed by atoms with Gasteiger partial charge in [-0.1, -0.05) is 25.3 Å². The number of guanidine groups is 1. The fraction of sp³-hybridized carbons (Fsp3) is 0.636. The molecular formula is C22H34IN7O. The van der Waals surface area contributed by atoms with Gasteiger partial charge in [0.15, 0.2) is 11.6 Å². The first kappa shape index (κ1) is 23.7. The summed E-state index contributed by atoms with van der Waals surface area (Å²) >= 11 is 0. The maximum Gasteiger partial charge on any atom is 0.225 e. The van der Waals surface area contributed by atoms with Gasteiger partial charge in [-0.3, -0.25) is 14.2 Å². The second-order valence-electron chi connectivity index (χ2n) is 8.40. The van der Waals surface area contributed by atoms with E-state index in [2.05, 4.69) is 30.7 Å². The standard InChI is InChI=1S/C22H33N7O.HI/c1-23-22(24-13-7-11-20-27-26-19-10-5-6-14-29(19)20)25-18-12-15-28(16-18)21(30)17-8-3-2-4-9-17;/h5-6,10,14,17-18H,2-4,7-9,11-13,15-16H2,1H3,(H2,23,24,25);1H. The molecule has 0 radical (unpaired) electrons. The van der Waals surface area contributed by atoms with Gasteiger partial charge < -0.3 is 15.5 Å². The van der Waals surface area contributed by atoms with Gasteiger partial charge in [0.1, 0.15) is 5.82 Å². The summed E-state index contributed by atoms with van der Waals surface area (Å²) in [5.41, 5.74) is 0.881. The number of rotatable bonds is 6. The van der Waals surface area contributed by atoms with Crippen molar-refractivity contribution in [2.24, 2.45) is 10.9 Å². The van der Waals surface area contributed by atoms with Crippen LogP contribution in [0.3, 0.4) is 0 Å². The van der Waals surface area contributed by atoms with E-state index < -0.39 is 0 Å². The summed E-state index contributed by atoms with van der Waals surface area (Å²) in [5, 5.41) is 15.4. The van der Waals surface area contributed by atoms with E-state index in [-0.39, 0.29) is 35.9 Å². The van der Waals surface area contributed by atoms with Crippen molar-refractivity contribution in [2.45, 2.75) is 57.4 Å². The number of fused-ring (bicyclic) bond motifs is 1. The topological polar surface area (TPSA) is 86.9 Å². The molecule has 1 unspecified atom stereocenters. The minimum atomic E-state index is 0. The largest absolute Gasteiger partial charge is 0.356 e. The molecule has 2 fully saturated rings. The van der Waals surface area contributed by atoms with Crippen LogP contribution >= 0.6 is 24.0 Å². The number of amides is 1. The summed E-state index contributed by atoms with van der Waals surface area (Å²) in [6, 6.07) is 6.19. The molecule has 31 heavy (non-hydrogen) atoms. The number of hydrogen-bond acceptors (Lipinski definition) is 4. The third-order valence-corrected chi connectivity index (χ3v) is 6.27. The number of carbonyl (C=O) groups excluding carboxylic acids is 1. The quantitative estimate of drug-likeness (QED) is 0.255. The predicted octanol–water partition coefficient (Wildman–Crippen LogP) is 2.63. The van der Waals surface area contributed by atoms with Gasteiger partial charge in [0.25, 0.3) is 0 Å². The zero-order valence-electron chi connectivity index (χ0n) is 18.3. The molecule has 0 bridgehead atoms. The number of hydrogen-bond donors (Lipinski definition) is 2. The van der Waals surface area contributed by atoms with Gasteiger partial charge in [0.2, 0.25) is 5.91 Å². The molecule has 9 heteroatoms. The Morgan fingerprint density at radius 3 is 2.84 bits per heavy atom. The van der Waals surface area contributed by atoms with E-state index in [1.54, 1.807) is 7.05 Å². The van der Waals surface area contributed by atoms with Crippen LogP contribution in [0.25, 0.3) is 5.65 Å². The number of likely N-dealkylation sites (tertiary alicyclic amines) is 1. The molecule has 1 saturated carbocycles. The van der Waals surface area contributed by atoms with Crippen molar-refractivity contribution in [3.8, 4) is 0 Å². The Hall–Kier alpha value is -1.91. The Bertz CT molecular complexity index is 878. The average Bonchev–Trinajstić information content (AvgIpc) is 3.43. The molecule has 2 aromatic rings. The highest BCUT2D eigenvalue weighted by Gasteiger charge is 2.31. The maximum absolute atomic E-state index is 12.8. The fourth-order valence-electron chi connectivity index (χ4n) is 4.59. The highest BCUT2D eigenvalue weighted by molar-refractivity contribution is 14.0. The van der Waals surface area contributed by atoms with E-state index in [0.29, 0.717) is 5.91 Å². The third-order valence-electron chi connectivity index (χ3n) is 6.27. The van der Waals surface area contributed by atoms with Crippen molar-refractivity contribution in [3.63, 3.8) is 0 Å². The van der Waals surface area contributed by atoms with E-state index >= 15 is 0 Å². The zero-order chi connectivity index (χ0) is 20.8. The summed E-state index contributed by atoms with van der Waals surface area (Å²) in [4.78, 5) is 19.2. The van der Waals surface area contributed by atoms with E-state index in [9.17, 15) is 4.79 Å². The van der Waals surface area contributed by atoms with Crippen molar-refractivity contribution in [3.05, 3.63) is 30.2 Å². The number of nitrogens with zero attached hydrogens (tertiary/aromatic N) is 5. The first-order valence-corrected chi connectivity index (χ1v) is 11.3. The van der Waals surface area contributed by atoms with Crippen molar-refractivity contribution in [2.75, 3.05) is 26.7 Å². The monoisotopic (exact) mass is 539 g/mol. The molecule has 1 aliphatic heterocycles. The zero-order valence-corrected chi connectivity index (χ0v) is 20.6. The second-order valence-corrected chi connectivity index (χ2v) is 8.40. The highest BCUT2D eigenvalue weighted by Crippen LogP contribution is 2.26. The van der Waals surface area contributed by atoms with Gasteiger partial charge in [0.05, 0.1) is 0 Å².